The standard InChI is InChI=1S/CO2.Li.Ti/c2-1-3;;. The Morgan fingerprint density at radius 3 is 1.20 bits per heavy atom. The van der Waals surface area contributed by atoms with Crippen molar-refractivity contribution in [2.24, 2.45) is 0 Å². The summed E-state index contributed by atoms with van der Waals surface area (Å²) in [6.45, 7) is 0. The van der Waals surface area contributed by atoms with E-state index in [1.807, 2.05) is 0 Å². The fourth-order valence-corrected chi connectivity index (χ4v) is 0. The van der Waals surface area contributed by atoms with Gasteiger partial charge in [-0.2, -0.15) is 9.59 Å². The Morgan fingerprint density at radius 1 is 1.20 bits per heavy atom. The van der Waals surface area contributed by atoms with Gasteiger partial charge < -0.3 is 0 Å². The molecule has 5 heavy (non-hydrogen) atoms. The molecule has 1 radical (unpaired) electrons. The van der Waals surface area contributed by atoms with E-state index in [1.165, 1.54) is 0 Å². The van der Waals surface area contributed by atoms with Crippen LogP contribution in [0.5, 0.6) is 0 Å². The van der Waals surface area contributed by atoms with Crippen LogP contribution in [0, 0.1) is 0 Å². The van der Waals surface area contributed by atoms with Crippen molar-refractivity contribution in [1.82, 2.24) is 0 Å². The molecule has 0 saturated heterocycles. The van der Waals surface area contributed by atoms with Crippen LogP contribution in [-0.2, 0) is 31.3 Å². The topological polar surface area (TPSA) is 34.1 Å². The minimum absolute atomic E-state index is 0. The van der Waals surface area contributed by atoms with E-state index in [4.69, 9.17) is 9.59 Å². The molecule has 0 unspecified atom stereocenters. The first-order chi connectivity index (χ1) is 1.41. The summed E-state index contributed by atoms with van der Waals surface area (Å²) >= 11 is 0. The van der Waals surface area contributed by atoms with Gasteiger partial charge in [0, 0.05) is 40.6 Å². The van der Waals surface area contributed by atoms with E-state index < -0.39 is 0 Å². The van der Waals surface area contributed by atoms with E-state index in [9.17, 15) is 0 Å². The van der Waals surface area contributed by atoms with Crippen LogP contribution in [0.15, 0.2) is 0 Å². The number of hydrogen-bond acceptors (Lipinski definition) is 2. The number of carbonyl (C=O) groups excluding carboxylic acids is 2. The molecule has 0 amide bonds. The van der Waals surface area contributed by atoms with Crippen LogP contribution in [0.4, 0.5) is 0 Å². The van der Waals surface area contributed by atoms with Crippen molar-refractivity contribution in [2.45, 2.75) is 0 Å². The molecule has 0 saturated carbocycles. The summed E-state index contributed by atoms with van der Waals surface area (Å²) in [6.07, 6.45) is 0.250. The smallest absolute Gasteiger partial charge is 0.186 e. The minimum atomic E-state index is 0. The molecule has 21 valence electrons. The van der Waals surface area contributed by atoms with Crippen molar-refractivity contribution in [3.05, 3.63) is 0 Å². The third kappa shape index (κ3) is 71.0. The summed E-state index contributed by atoms with van der Waals surface area (Å²) in [7, 11) is 0. The number of hydrogen-bond donors (Lipinski definition) is 0. The van der Waals surface area contributed by atoms with E-state index in [0.29, 0.717) is 0 Å². The van der Waals surface area contributed by atoms with Crippen molar-refractivity contribution in [1.29, 1.82) is 0 Å². The molecular formula is CLiO2Ti. The summed E-state index contributed by atoms with van der Waals surface area (Å²) in [5.74, 6) is 0. The van der Waals surface area contributed by atoms with Gasteiger partial charge in [-0.3, -0.25) is 0 Å². The normalized spacial score (nSPS) is 1.60. The van der Waals surface area contributed by atoms with Crippen LogP contribution >= 0.6 is 0 Å². The van der Waals surface area contributed by atoms with Gasteiger partial charge in [-0.15, -0.1) is 0 Å². The molecule has 0 fully saturated rings. The molecule has 0 rings (SSSR count). The average molecular weight is 98.8 g/mol. The molecule has 0 N–H and O–H groups in total. The van der Waals surface area contributed by atoms with Crippen LogP contribution in [0.2, 0.25) is 0 Å². The Bertz CT molecular complexity index is 30.6. The van der Waals surface area contributed by atoms with Gasteiger partial charge in [-0.05, 0) is 0 Å². The molecule has 0 aliphatic heterocycles. The van der Waals surface area contributed by atoms with E-state index >= 15 is 0 Å². The average Bonchev–Trinajstić information content (AvgIpc) is 0.918. The summed E-state index contributed by atoms with van der Waals surface area (Å²) in [5.41, 5.74) is 0. The number of rotatable bonds is 0. The van der Waals surface area contributed by atoms with Gasteiger partial charge in [0.05, 0.1) is 0 Å². The second-order valence-corrected chi connectivity index (χ2v) is 0.0833. The second-order valence-electron chi connectivity index (χ2n) is 0.0833. The van der Waals surface area contributed by atoms with Gasteiger partial charge in [-0.1, -0.05) is 0 Å². The molecule has 0 aromatic carbocycles. The van der Waals surface area contributed by atoms with Crippen molar-refractivity contribution >= 4 is 25.0 Å². The van der Waals surface area contributed by atoms with Crippen molar-refractivity contribution in [3.63, 3.8) is 0 Å². The van der Waals surface area contributed by atoms with Gasteiger partial charge >= 0.3 is 6.15 Å². The van der Waals surface area contributed by atoms with Crippen LogP contribution < -0.4 is 0 Å². The summed E-state index contributed by atoms with van der Waals surface area (Å²) < 4.78 is 0. The first-order valence-corrected chi connectivity index (χ1v) is 0.408. The van der Waals surface area contributed by atoms with Gasteiger partial charge in [0.25, 0.3) is 0 Å². The minimum Gasteiger partial charge on any atom is -0.186 e. The van der Waals surface area contributed by atoms with E-state index in [-0.39, 0.29) is 46.7 Å². The molecule has 0 atom stereocenters. The predicted molar refractivity (Wildman–Crippen MR) is 10.8 cm³/mol. The first-order valence-electron chi connectivity index (χ1n) is 0.408. The Labute approximate surface area is 56.4 Å². The summed E-state index contributed by atoms with van der Waals surface area (Å²) in [5, 5.41) is 0. The Morgan fingerprint density at radius 2 is 1.20 bits per heavy atom. The Hall–Kier alpha value is 0.692. The monoisotopic (exact) mass is 99.0 g/mol. The molecule has 0 bridgehead atoms. The Balaban J connectivity index is -0.0000000200. The third-order valence-electron chi connectivity index (χ3n) is 0. The maximum atomic E-state index is 8.12. The summed E-state index contributed by atoms with van der Waals surface area (Å²) in [6, 6.07) is 0. The largest absolute Gasteiger partial charge is 0.373 e. The van der Waals surface area contributed by atoms with E-state index in [1.54, 1.807) is 0 Å². The van der Waals surface area contributed by atoms with Crippen LogP contribution in [0.25, 0.3) is 0 Å². The third-order valence-corrected chi connectivity index (χ3v) is 0. The molecule has 0 aliphatic carbocycles. The van der Waals surface area contributed by atoms with Crippen LogP contribution in [0.3, 0.4) is 0 Å². The maximum absolute atomic E-state index is 8.12. The molecule has 0 spiro atoms. The SMILES string of the molecule is O=C=O.[Li].[Ti]. The van der Waals surface area contributed by atoms with Gasteiger partial charge in [0.1, 0.15) is 0 Å². The van der Waals surface area contributed by atoms with Gasteiger partial charge in [0.2, 0.25) is 0 Å². The van der Waals surface area contributed by atoms with Crippen molar-refractivity contribution in [3.8, 4) is 0 Å². The summed E-state index contributed by atoms with van der Waals surface area (Å²) in [4.78, 5) is 16.2. The molecular weight excluding hydrogens is 98.8 g/mol. The van der Waals surface area contributed by atoms with Crippen molar-refractivity contribution in [2.75, 3.05) is 0 Å². The fourth-order valence-electron chi connectivity index (χ4n) is 0. The van der Waals surface area contributed by atoms with Gasteiger partial charge in [-0.25, -0.2) is 0 Å². The molecule has 0 heterocycles. The zero-order valence-corrected chi connectivity index (χ0v) is 4.38. The zero-order chi connectivity index (χ0) is 2.71. The molecule has 0 aromatic rings. The zero-order valence-electron chi connectivity index (χ0n) is 2.82. The molecule has 0 aliphatic rings. The van der Waals surface area contributed by atoms with Crippen LogP contribution in [-0.4, -0.2) is 25.0 Å². The predicted octanol–water partition coefficient (Wildman–Crippen LogP) is -0.967. The second kappa shape index (κ2) is 22.3. The Kier molecular flexibility index (Phi) is 77.3. The quantitative estimate of drug-likeness (QED) is 0.366. The van der Waals surface area contributed by atoms with Gasteiger partial charge in [0.15, 0.2) is 0 Å². The maximum Gasteiger partial charge on any atom is 0.373 e. The van der Waals surface area contributed by atoms with E-state index in [0.717, 1.165) is 0 Å². The van der Waals surface area contributed by atoms with E-state index in [2.05, 4.69) is 0 Å². The molecule has 4 heteroatoms. The molecule has 2 nitrogen and oxygen atoms in total. The molecule has 0 aromatic heterocycles. The fraction of sp³-hybridized carbons (Fsp3) is 0. The first kappa shape index (κ1) is 17.3. The van der Waals surface area contributed by atoms with Crippen molar-refractivity contribution < 1.29 is 31.3 Å². The van der Waals surface area contributed by atoms with Crippen LogP contribution in [0.1, 0.15) is 0 Å².